The van der Waals surface area contributed by atoms with Crippen molar-refractivity contribution in [2.24, 2.45) is 0 Å². The zero-order valence-corrected chi connectivity index (χ0v) is 15.0. The number of benzene rings is 1. The third-order valence-electron chi connectivity index (χ3n) is 5.40. The fraction of sp³-hybridized carbons (Fsp3) is 0.684. The van der Waals surface area contributed by atoms with Crippen molar-refractivity contribution in [3.63, 3.8) is 0 Å². The molecule has 134 valence electrons. The molecule has 0 aromatic heterocycles. The molecule has 0 spiro atoms. The summed E-state index contributed by atoms with van der Waals surface area (Å²) in [7, 11) is 2.24. The van der Waals surface area contributed by atoms with Crippen molar-refractivity contribution in [2.75, 3.05) is 72.5 Å². The predicted molar refractivity (Wildman–Crippen MR) is 98.4 cm³/mol. The molecule has 2 saturated heterocycles. The summed E-state index contributed by atoms with van der Waals surface area (Å²) in [6.07, 6.45) is 1.21. The second-order valence-electron chi connectivity index (χ2n) is 7.24. The molecule has 2 aliphatic heterocycles. The van der Waals surface area contributed by atoms with Gasteiger partial charge in [0.05, 0.1) is 0 Å². The van der Waals surface area contributed by atoms with Crippen LogP contribution in [-0.4, -0.2) is 97.2 Å². The highest BCUT2D eigenvalue weighted by atomic mass is 16.3. The maximum Gasteiger partial charge on any atom is 0.120 e. The van der Waals surface area contributed by atoms with Gasteiger partial charge < -0.3 is 14.9 Å². The van der Waals surface area contributed by atoms with Crippen LogP contribution >= 0.6 is 0 Å². The molecule has 3 rings (SSSR count). The Bertz CT molecular complexity index is 510. The van der Waals surface area contributed by atoms with Crippen molar-refractivity contribution in [3.05, 3.63) is 29.8 Å². The molecule has 1 N–H and O–H groups in total. The Labute approximate surface area is 146 Å². The molecule has 1 aromatic rings. The molecule has 2 atom stereocenters. The summed E-state index contributed by atoms with van der Waals surface area (Å²) < 4.78 is 0. The fourth-order valence-electron chi connectivity index (χ4n) is 3.65. The quantitative estimate of drug-likeness (QED) is 0.878. The number of phenols is 1. The second-order valence-corrected chi connectivity index (χ2v) is 7.24. The minimum Gasteiger partial charge on any atom is -0.508 e. The molecule has 2 fully saturated rings. The predicted octanol–water partition coefficient (Wildman–Crippen LogP) is 1.15. The number of fused-ring (bicyclic) bond motifs is 3. The first-order chi connectivity index (χ1) is 11.7. The van der Waals surface area contributed by atoms with Crippen LogP contribution in [0.2, 0.25) is 0 Å². The lowest BCUT2D eigenvalue weighted by Gasteiger charge is -2.32. The summed E-state index contributed by atoms with van der Waals surface area (Å²) >= 11 is 0. The SMILES string of the molecule is CN1CCN2CCCN(Cc3ccccc3O)CCN(CC1)CC2. The van der Waals surface area contributed by atoms with E-state index >= 15 is 0 Å². The molecule has 24 heavy (non-hydrogen) atoms. The number of nitrogens with zero attached hydrogens (tertiary/aromatic N) is 4. The average Bonchev–Trinajstić information content (AvgIpc) is 2.67. The van der Waals surface area contributed by atoms with Crippen molar-refractivity contribution in [1.82, 2.24) is 19.6 Å². The first kappa shape index (κ1) is 17.7. The Kier molecular flexibility index (Phi) is 6.49. The molecule has 5 nitrogen and oxygen atoms in total. The van der Waals surface area contributed by atoms with E-state index in [0.717, 1.165) is 44.8 Å². The van der Waals surface area contributed by atoms with E-state index in [0.29, 0.717) is 5.75 Å². The average molecular weight is 332 g/mol. The third kappa shape index (κ3) is 5.18. The molecule has 2 unspecified atom stereocenters. The van der Waals surface area contributed by atoms with Gasteiger partial charge in [-0.2, -0.15) is 0 Å². The Hall–Kier alpha value is -1.14. The number of para-hydroxylation sites is 1. The second kappa shape index (κ2) is 8.81. The molecular weight excluding hydrogens is 300 g/mol. The van der Waals surface area contributed by atoms with Crippen LogP contribution in [0.3, 0.4) is 0 Å². The van der Waals surface area contributed by atoms with Crippen molar-refractivity contribution in [1.29, 1.82) is 0 Å². The van der Waals surface area contributed by atoms with Gasteiger partial charge >= 0.3 is 0 Å². The summed E-state index contributed by atoms with van der Waals surface area (Å²) in [5.74, 6) is 0.424. The molecule has 5 heteroatoms. The van der Waals surface area contributed by atoms with E-state index in [-0.39, 0.29) is 0 Å². The van der Waals surface area contributed by atoms with Gasteiger partial charge in [0.15, 0.2) is 0 Å². The van der Waals surface area contributed by atoms with Gasteiger partial charge in [0.25, 0.3) is 0 Å². The van der Waals surface area contributed by atoms with Crippen LogP contribution in [0.15, 0.2) is 24.3 Å². The third-order valence-corrected chi connectivity index (χ3v) is 5.40. The lowest BCUT2D eigenvalue weighted by molar-refractivity contribution is 0.154. The van der Waals surface area contributed by atoms with Gasteiger partial charge in [0, 0.05) is 64.5 Å². The van der Waals surface area contributed by atoms with Gasteiger partial charge in [-0.1, -0.05) is 18.2 Å². The van der Waals surface area contributed by atoms with E-state index in [1.165, 1.54) is 39.1 Å². The van der Waals surface area contributed by atoms with Gasteiger partial charge in [0.2, 0.25) is 0 Å². The smallest absolute Gasteiger partial charge is 0.120 e. The summed E-state index contributed by atoms with van der Waals surface area (Å²) in [5, 5.41) is 10.1. The van der Waals surface area contributed by atoms with Crippen LogP contribution in [0.1, 0.15) is 12.0 Å². The van der Waals surface area contributed by atoms with Gasteiger partial charge in [-0.25, -0.2) is 0 Å². The molecule has 2 bridgehead atoms. The number of rotatable bonds is 2. The molecule has 0 aliphatic carbocycles. The van der Waals surface area contributed by atoms with Crippen LogP contribution in [0.5, 0.6) is 5.75 Å². The summed E-state index contributed by atoms with van der Waals surface area (Å²) in [4.78, 5) is 10.2. The molecule has 2 aliphatic rings. The standard InChI is InChI=1S/C19H32N4O/c1-20-9-11-21-7-4-8-23(16-15-22(12-10-20)14-13-21)17-18-5-2-3-6-19(18)24/h2-3,5-6,24H,4,7-17H2,1H3. The lowest BCUT2D eigenvalue weighted by atomic mass is 10.1. The van der Waals surface area contributed by atoms with E-state index in [9.17, 15) is 5.11 Å². The topological polar surface area (TPSA) is 33.2 Å². The van der Waals surface area contributed by atoms with Crippen molar-refractivity contribution in [2.45, 2.75) is 13.0 Å². The molecule has 2 heterocycles. The number of aromatic hydroxyl groups is 1. The highest BCUT2D eigenvalue weighted by Gasteiger charge is 2.18. The Balaban J connectivity index is 1.65. The van der Waals surface area contributed by atoms with Gasteiger partial charge in [0.1, 0.15) is 5.75 Å². The van der Waals surface area contributed by atoms with Gasteiger partial charge in [-0.05, 0) is 32.6 Å². The number of hydrogen-bond acceptors (Lipinski definition) is 5. The Morgan fingerprint density at radius 3 is 2.17 bits per heavy atom. The van der Waals surface area contributed by atoms with E-state index in [4.69, 9.17) is 0 Å². The first-order valence-electron chi connectivity index (χ1n) is 9.33. The Morgan fingerprint density at radius 1 is 0.792 bits per heavy atom. The number of hydrogen-bond donors (Lipinski definition) is 1. The monoisotopic (exact) mass is 332 g/mol. The van der Waals surface area contributed by atoms with Crippen LogP contribution in [0.4, 0.5) is 0 Å². The maximum atomic E-state index is 10.1. The molecule has 0 amide bonds. The highest BCUT2D eigenvalue weighted by molar-refractivity contribution is 5.31. The number of likely N-dealkylation sites (N-methyl/N-ethyl adjacent to an activating group) is 1. The fourth-order valence-corrected chi connectivity index (χ4v) is 3.65. The largest absolute Gasteiger partial charge is 0.508 e. The maximum absolute atomic E-state index is 10.1. The molecule has 0 radical (unpaired) electrons. The van der Waals surface area contributed by atoms with Crippen LogP contribution in [-0.2, 0) is 6.54 Å². The normalized spacial score (nSPS) is 28.0. The van der Waals surface area contributed by atoms with Gasteiger partial charge in [-0.3, -0.25) is 9.80 Å². The molecule has 1 aromatic carbocycles. The van der Waals surface area contributed by atoms with E-state index in [2.05, 4.69) is 26.6 Å². The lowest BCUT2D eigenvalue weighted by Crippen LogP contribution is -2.43. The summed E-state index contributed by atoms with van der Waals surface area (Å²) in [6.45, 7) is 12.4. The van der Waals surface area contributed by atoms with Crippen LogP contribution in [0, 0.1) is 0 Å². The van der Waals surface area contributed by atoms with Crippen molar-refractivity contribution >= 4 is 0 Å². The minimum absolute atomic E-state index is 0.424. The zero-order chi connectivity index (χ0) is 16.8. The number of phenolic OH excluding ortho intramolecular Hbond substituents is 1. The molecule has 0 saturated carbocycles. The van der Waals surface area contributed by atoms with Gasteiger partial charge in [-0.15, -0.1) is 0 Å². The van der Waals surface area contributed by atoms with E-state index in [1.807, 2.05) is 18.2 Å². The molecular formula is C19H32N4O. The first-order valence-corrected chi connectivity index (χ1v) is 9.33. The minimum atomic E-state index is 0.424. The summed E-state index contributed by atoms with van der Waals surface area (Å²) in [5.41, 5.74) is 1.04. The highest BCUT2D eigenvalue weighted by Crippen LogP contribution is 2.18. The van der Waals surface area contributed by atoms with E-state index in [1.54, 1.807) is 6.07 Å². The van der Waals surface area contributed by atoms with Crippen LogP contribution in [0.25, 0.3) is 0 Å². The Morgan fingerprint density at radius 2 is 1.42 bits per heavy atom. The summed E-state index contributed by atoms with van der Waals surface area (Å²) in [6, 6.07) is 7.75. The van der Waals surface area contributed by atoms with Crippen LogP contribution < -0.4 is 0 Å². The van der Waals surface area contributed by atoms with Crippen molar-refractivity contribution in [3.8, 4) is 5.75 Å². The van der Waals surface area contributed by atoms with E-state index < -0.39 is 0 Å². The van der Waals surface area contributed by atoms with Crippen molar-refractivity contribution < 1.29 is 5.11 Å². The zero-order valence-electron chi connectivity index (χ0n) is 15.0.